The summed E-state index contributed by atoms with van der Waals surface area (Å²) in [6, 6.07) is 3.06. The molecule has 4 nitrogen and oxygen atoms in total. The molecule has 1 N–H and O–H groups in total. The minimum atomic E-state index is -0.353. The van der Waals surface area contributed by atoms with Crippen molar-refractivity contribution < 1.29 is 4.79 Å². The Morgan fingerprint density at radius 3 is 2.48 bits per heavy atom. The summed E-state index contributed by atoms with van der Waals surface area (Å²) in [6.07, 6.45) is 3.50. The van der Waals surface area contributed by atoms with Crippen molar-refractivity contribution in [3.63, 3.8) is 0 Å². The van der Waals surface area contributed by atoms with Crippen LogP contribution in [0.1, 0.15) is 6.92 Å². The van der Waals surface area contributed by atoms with Crippen LogP contribution in [0.2, 0.25) is 15.1 Å². The molecule has 0 radical (unpaired) electrons. The van der Waals surface area contributed by atoms with Gasteiger partial charge in [0.2, 0.25) is 5.91 Å². The molecule has 1 aromatic heterocycles. The van der Waals surface area contributed by atoms with Gasteiger partial charge >= 0.3 is 0 Å². The van der Waals surface area contributed by atoms with Gasteiger partial charge in [-0.15, -0.1) is 0 Å². The van der Waals surface area contributed by atoms with E-state index in [1.807, 2.05) is 17.8 Å². The summed E-state index contributed by atoms with van der Waals surface area (Å²) < 4.78 is 1.84. The van der Waals surface area contributed by atoms with Crippen LogP contribution in [-0.2, 0) is 11.8 Å². The molecule has 0 aliphatic rings. The number of nitrogens with one attached hydrogen (secondary N) is 1. The lowest BCUT2D eigenvalue weighted by molar-refractivity contribution is -0.115. The second-order valence-electron chi connectivity index (χ2n) is 4.31. The quantitative estimate of drug-likeness (QED) is 0.813. The normalized spacial score (nSPS) is 12.2. The number of aryl methyl sites for hydroxylation is 1. The van der Waals surface area contributed by atoms with E-state index in [9.17, 15) is 4.79 Å². The maximum Gasteiger partial charge on any atom is 0.237 e. The van der Waals surface area contributed by atoms with Crippen LogP contribution in [0.5, 0.6) is 0 Å². The van der Waals surface area contributed by atoms with E-state index < -0.39 is 0 Å². The Kier molecular flexibility index (Phi) is 5.43. The number of aromatic nitrogens is 2. The first-order valence-electron chi connectivity index (χ1n) is 5.98. The third kappa shape index (κ3) is 4.07. The van der Waals surface area contributed by atoms with Gasteiger partial charge in [0.15, 0.2) is 5.16 Å². The van der Waals surface area contributed by atoms with Crippen LogP contribution in [0.15, 0.2) is 29.7 Å². The van der Waals surface area contributed by atoms with Crippen molar-refractivity contribution in [2.45, 2.75) is 17.3 Å². The highest BCUT2D eigenvalue weighted by Crippen LogP contribution is 2.34. The van der Waals surface area contributed by atoms with E-state index in [-0.39, 0.29) is 11.2 Å². The molecule has 2 aromatic rings. The zero-order valence-electron chi connectivity index (χ0n) is 11.2. The number of nitrogens with zero attached hydrogens (tertiary/aromatic N) is 2. The van der Waals surface area contributed by atoms with Crippen molar-refractivity contribution in [2.75, 3.05) is 5.32 Å². The molecule has 1 unspecified atom stereocenters. The first kappa shape index (κ1) is 16.5. The van der Waals surface area contributed by atoms with E-state index in [0.29, 0.717) is 20.8 Å². The first-order chi connectivity index (χ1) is 9.88. The van der Waals surface area contributed by atoms with Crippen LogP contribution in [0.4, 0.5) is 5.69 Å². The number of anilines is 1. The lowest BCUT2D eigenvalue weighted by Gasteiger charge is -2.14. The molecular formula is C13H12Cl3N3OS. The van der Waals surface area contributed by atoms with Crippen LogP contribution in [0.3, 0.4) is 0 Å². The van der Waals surface area contributed by atoms with E-state index in [0.717, 1.165) is 5.16 Å². The third-order valence-electron chi connectivity index (χ3n) is 2.68. The Hall–Kier alpha value is -0.880. The second kappa shape index (κ2) is 6.92. The molecule has 0 saturated carbocycles. The van der Waals surface area contributed by atoms with Gasteiger partial charge in [-0.2, -0.15) is 0 Å². The first-order valence-corrected chi connectivity index (χ1v) is 7.99. The highest BCUT2D eigenvalue weighted by Gasteiger charge is 2.19. The number of rotatable bonds is 4. The number of imidazole rings is 1. The molecule has 0 saturated heterocycles. The zero-order chi connectivity index (χ0) is 15.6. The Bertz CT molecular complexity index is 651. The summed E-state index contributed by atoms with van der Waals surface area (Å²) >= 11 is 19.3. The average Bonchev–Trinajstić information content (AvgIpc) is 2.79. The van der Waals surface area contributed by atoms with Crippen molar-refractivity contribution in [1.29, 1.82) is 0 Å². The topological polar surface area (TPSA) is 46.9 Å². The van der Waals surface area contributed by atoms with Gasteiger partial charge in [0.05, 0.1) is 21.0 Å². The van der Waals surface area contributed by atoms with Gasteiger partial charge in [-0.25, -0.2) is 4.98 Å². The van der Waals surface area contributed by atoms with Crippen molar-refractivity contribution in [3.8, 4) is 0 Å². The molecule has 112 valence electrons. The number of amides is 1. The monoisotopic (exact) mass is 363 g/mol. The van der Waals surface area contributed by atoms with E-state index in [1.54, 1.807) is 13.1 Å². The number of carbonyl (C=O) groups is 1. The maximum atomic E-state index is 12.2. The molecule has 21 heavy (non-hydrogen) atoms. The van der Waals surface area contributed by atoms with Gasteiger partial charge in [0.25, 0.3) is 0 Å². The molecule has 1 aromatic carbocycles. The van der Waals surface area contributed by atoms with Crippen LogP contribution >= 0.6 is 46.6 Å². The molecule has 0 bridgehead atoms. The molecule has 0 spiro atoms. The van der Waals surface area contributed by atoms with Crippen LogP contribution in [0, 0.1) is 0 Å². The number of thioether (sulfide) groups is 1. The highest BCUT2D eigenvalue weighted by atomic mass is 35.5. The minimum absolute atomic E-state index is 0.214. The van der Waals surface area contributed by atoms with Crippen LogP contribution in [0.25, 0.3) is 0 Å². The fourth-order valence-electron chi connectivity index (χ4n) is 1.56. The van der Waals surface area contributed by atoms with E-state index in [4.69, 9.17) is 34.8 Å². The Balaban J connectivity index is 2.09. The van der Waals surface area contributed by atoms with Gasteiger partial charge in [-0.05, 0) is 19.1 Å². The fourth-order valence-corrected chi connectivity index (χ4v) is 3.31. The van der Waals surface area contributed by atoms with Crippen molar-refractivity contribution in [2.24, 2.45) is 7.05 Å². The van der Waals surface area contributed by atoms with Gasteiger partial charge in [0, 0.05) is 24.5 Å². The minimum Gasteiger partial charge on any atom is -0.329 e. The van der Waals surface area contributed by atoms with Gasteiger partial charge in [0.1, 0.15) is 0 Å². The smallest absolute Gasteiger partial charge is 0.237 e. The summed E-state index contributed by atoms with van der Waals surface area (Å²) in [5.41, 5.74) is 0.361. The van der Waals surface area contributed by atoms with Crippen LogP contribution < -0.4 is 5.32 Å². The predicted molar refractivity (Wildman–Crippen MR) is 88.6 cm³/mol. The third-order valence-corrected chi connectivity index (χ3v) is 4.67. The predicted octanol–water partition coefficient (Wildman–Crippen LogP) is 4.50. The average molecular weight is 365 g/mol. The number of benzene rings is 1. The van der Waals surface area contributed by atoms with E-state index in [1.165, 1.54) is 23.9 Å². The maximum absolute atomic E-state index is 12.2. The molecule has 1 atom stereocenters. The number of carbonyl (C=O) groups excluding carboxylic acids is 1. The summed E-state index contributed by atoms with van der Waals surface area (Å²) in [4.78, 5) is 16.4. The molecule has 1 heterocycles. The highest BCUT2D eigenvalue weighted by molar-refractivity contribution is 8.00. The molecule has 0 aliphatic carbocycles. The fraction of sp³-hybridized carbons (Fsp3) is 0.231. The lowest BCUT2D eigenvalue weighted by atomic mass is 10.3. The standard InChI is InChI=1S/C13H12Cl3N3OS/c1-7(21-13-17-3-4-19(13)2)12(20)18-11-9(15)5-8(14)6-10(11)16/h3-7H,1-2H3,(H,18,20). The zero-order valence-corrected chi connectivity index (χ0v) is 14.3. The van der Waals surface area contributed by atoms with Crippen LogP contribution in [-0.4, -0.2) is 20.7 Å². The van der Waals surface area contributed by atoms with Crippen molar-refractivity contribution >= 4 is 58.2 Å². The molecule has 2 rings (SSSR count). The van der Waals surface area contributed by atoms with Gasteiger partial charge in [-0.1, -0.05) is 46.6 Å². The van der Waals surface area contributed by atoms with E-state index >= 15 is 0 Å². The molecule has 0 aliphatic heterocycles. The van der Waals surface area contributed by atoms with Gasteiger partial charge < -0.3 is 9.88 Å². The Labute approximate surface area is 141 Å². The number of halogens is 3. The SMILES string of the molecule is CC(Sc1nccn1C)C(=O)Nc1c(Cl)cc(Cl)cc1Cl. The van der Waals surface area contributed by atoms with Gasteiger partial charge in [-0.3, -0.25) is 4.79 Å². The summed E-state index contributed by atoms with van der Waals surface area (Å²) in [5, 5.41) is 4.14. The number of hydrogen-bond acceptors (Lipinski definition) is 3. The number of hydrogen-bond donors (Lipinski definition) is 1. The molecule has 0 fully saturated rings. The largest absolute Gasteiger partial charge is 0.329 e. The lowest BCUT2D eigenvalue weighted by Crippen LogP contribution is -2.23. The van der Waals surface area contributed by atoms with Crippen molar-refractivity contribution in [1.82, 2.24) is 9.55 Å². The van der Waals surface area contributed by atoms with Crippen molar-refractivity contribution in [3.05, 3.63) is 39.6 Å². The Morgan fingerprint density at radius 2 is 1.95 bits per heavy atom. The Morgan fingerprint density at radius 1 is 1.33 bits per heavy atom. The molecule has 1 amide bonds. The summed E-state index contributed by atoms with van der Waals surface area (Å²) in [6.45, 7) is 1.78. The summed E-state index contributed by atoms with van der Waals surface area (Å²) in [7, 11) is 1.87. The molecule has 8 heteroatoms. The van der Waals surface area contributed by atoms with E-state index in [2.05, 4.69) is 10.3 Å². The summed E-state index contributed by atoms with van der Waals surface area (Å²) in [5.74, 6) is -0.214. The molecular weight excluding hydrogens is 353 g/mol. The second-order valence-corrected chi connectivity index (χ2v) is 6.87.